The molecule has 2 rings (SSSR count). The molecule has 5 heteroatoms. The van der Waals surface area contributed by atoms with E-state index in [0.717, 1.165) is 43.4 Å². The van der Waals surface area contributed by atoms with Crippen molar-refractivity contribution in [2.75, 3.05) is 31.1 Å². The van der Waals surface area contributed by atoms with Crippen molar-refractivity contribution in [2.24, 2.45) is 0 Å². The predicted octanol–water partition coefficient (Wildman–Crippen LogP) is 3.48. The van der Waals surface area contributed by atoms with E-state index >= 15 is 0 Å². The second-order valence-corrected chi connectivity index (χ2v) is 6.44. The molecule has 0 bridgehead atoms. The first-order chi connectivity index (χ1) is 9.97. The van der Waals surface area contributed by atoms with E-state index in [2.05, 4.69) is 42.5 Å². The van der Waals surface area contributed by atoms with Crippen LogP contribution in [-0.4, -0.2) is 47.1 Å². The topological polar surface area (TPSA) is 32.3 Å². The Labute approximate surface area is 133 Å². The minimum absolute atomic E-state index is 0.294. The molecule has 0 aliphatic carbocycles. The Bertz CT molecular complexity index is 485. The second-order valence-electron chi connectivity index (χ2n) is 6.09. The van der Waals surface area contributed by atoms with Gasteiger partial charge in [-0.05, 0) is 26.4 Å². The van der Waals surface area contributed by atoms with Crippen LogP contribution in [0.2, 0.25) is 5.15 Å². The van der Waals surface area contributed by atoms with Crippen LogP contribution < -0.4 is 4.90 Å². The third-order valence-corrected chi connectivity index (χ3v) is 4.75. The largest absolute Gasteiger partial charge is 0.355 e. The van der Waals surface area contributed by atoms with E-state index in [1.807, 2.05) is 6.92 Å². The summed E-state index contributed by atoms with van der Waals surface area (Å²) in [7, 11) is 0. The number of anilines is 1. The molecule has 0 saturated carbocycles. The van der Waals surface area contributed by atoms with Gasteiger partial charge >= 0.3 is 0 Å². The van der Waals surface area contributed by atoms with Crippen LogP contribution in [-0.2, 0) is 0 Å². The number of hydrogen-bond acceptors (Lipinski definition) is 4. The lowest BCUT2D eigenvalue weighted by Crippen LogP contribution is -2.37. The van der Waals surface area contributed by atoms with Crippen molar-refractivity contribution in [1.82, 2.24) is 14.9 Å². The average Bonchev–Trinajstić information content (AvgIpc) is 2.92. The van der Waals surface area contributed by atoms with Crippen molar-refractivity contribution >= 4 is 17.4 Å². The maximum absolute atomic E-state index is 6.31. The van der Waals surface area contributed by atoms with E-state index in [0.29, 0.717) is 17.1 Å². The van der Waals surface area contributed by atoms with Gasteiger partial charge in [-0.2, -0.15) is 0 Å². The lowest BCUT2D eigenvalue weighted by Gasteiger charge is -2.27. The summed E-state index contributed by atoms with van der Waals surface area (Å²) in [5.74, 6) is 2.16. The minimum Gasteiger partial charge on any atom is -0.355 e. The maximum atomic E-state index is 6.31. The summed E-state index contributed by atoms with van der Waals surface area (Å²) in [5, 5.41) is 0.593. The Morgan fingerprint density at radius 3 is 2.52 bits per heavy atom. The molecule has 0 aromatic carbocycles. The lowest BCUT2D eigenvalue weighted by atomic mass is 10.2. The van der Waals surface area contributed by atoms with Gasteiger partial charge < -0.3 is 4.90 Å². The highest BCUT2D eigenvalue weighted by Gasteiger charge is 2.28. The Morgan fingerprint density at radius 1 is 1.29 bits per heavy atom. The molecular formula is C16H27ClN4. The van der Waals surface area contributed by atoms with Crippen molar-refractivity contribution in [2.45, 2.75) is 53.0 Å². The molecule has 1 aliphatic rings. The molecule has 0 spiro atoms. The summed E-state index contributed by atoms with van der Waals surface area (Å²) in [6, 6.07) is 0.621. The first kappa shape index (κ1) is 16.5. The number of halogens is 1. The molecule has 1 saturated heterocycles. The Balaban J connectivity index is 2.23. The zero-order chi connectivity index (χ0) is 15.6. The Hall–Kier alpha value is -0.870. The summed E-state index contributed by atoms with van der Waals surface area (Å²) >= 11 is 6.31. The molecular weight excluding hydrogens is 284 g/mol. The van der Waals surface area contributed by atoms with E-state index in [1.54, 1.807) is 0 Å². The van der Waals surface area contributed by atoms with E-state index in [9.17, 15) is 0 Å². The third kappa shape index (κ3) is 3.49. The van der Waals surface area contributed by atoms with Gasteiger partial charge in [-0.25, -0.2) is 9.97 Å². The Kier molecular flexibility index (Phi) is 5.44. The van der Waals surface area contributed by atoms with Crippen molar-refractivity contribution in [3.05, 3.63) is 16.5 Å². The molecule has 0 N–H and O–H groups in total. The zero-order valence-electron chi connectivity index (χ0n) is 13.9. The molecule has 1 aromatic heterocycles. The van der Waals surface area contributed by atoms with Crippen LogP contribution in [0, 0.1) is 6.92 Å². The number of nitrogens with zero attached hydrogens (tertiary/aromatic N) is 4. The van der Waals surface area contributed by atoms with Gasteiger partial charge in [-0.3, -0.25) is 4.90 Å². The quantitative estimate of drug-likeness (QED) is 0.779. The number of hydrogen-bond donors (Lipinski definition) is 0. The summed E-state index contributed by atoms with van der Waals surface area (Å²) in [6.45, 7) is 15.0. The van der Waals surface area contributed by atoms with Gasteiger partial charge in [0.05, 0.1) is 0 Å². The SMILES string of the molecule is CCN(CC)C1CCN(c2nc(C(C)C)nc(Cl)c2C)C1. The van der Waals surface area contributed by atoms with Crippen LogP contribution in [0.1, 0.15) is 51.4 Å². The van der Waals surface area contributed by atoms with Crippen LogP contribution in [0.3, 0.4) is 0 Å². The molecule has 21 heavy (non-hydrogen) atoms. The highest BCUT2D eigenvalue weighted by Crippen LogP contribution is 2.29. The van der Waals surface area contributed by atoms with Gasteiger partial charge in [-0.15, -0.1) is 0 Å². The van der Waals surface area contributed by atoms with E-state index in [4.69, 9.17) is 16.6 Å². The molecule has 1 aromatic rings. The van der Waals surface area contributed by atoms with Crippen molar-refractivity contribution < 1.29 is 0 Å². The first-order valence-electron chi connectivity index (χ1n) is 8.00. The molecule has 1 atom stereocenters. The van der Waals surface area contributed by atoms with Crippen molar-refractivity contribution in [3.8, 4) is 0 Å². The number of rotatable bonds is 5. The van der Waals surface area contributed by atoms with Crippen LogP contribution in [0.15, 0.2) is 0 Å². The highest BCUT2D eigenvalue weighted by atomic mass is 35.5. The molecule has 1 unspecified atom stereocenters. The van der Waals surface area contributed by atoms with Gasteiger partial charge in [-0.1, -0.05) is 39.3 Å². The average molecular weight is 311 g/mol. The number of likely N-dealkylation sites (N-methyl/N-ethyl adjacent to an activating group) is 1. The molecule has 118 valence electrons. The van der Waals surface area contributed by atoms with E-state index < -0.39 is 0 Å². The maximum Gasteiger partial charge on any atom is 0.137 e. The molecule has 1 aliphatic heterocycles. The molecule has 0 amide bonds. The Morgan fingerprint density at radius 2 is 1.95 bits per heavy atom. The van der Waals surface area contributed by atoms with Gasteiger partial charge in [0.1, 0.15) is 16.8 Å². The third-order valence-electron chi connectivity index (χ3n) is 4.39. The lowest BCUT2D eigenvalue weighted by molar-refractivity contribution is 0.232. The second kappa shape index (κ2) is 6.93. The summed E-state index contributed by atoms with van der Waals surface area (Å²) in [4.78, 5) is 14.1. The van der Waals surface area contributed by atoms with Gasteiger partial charge in [0.25, 0.3) is 0 Å². The van der Waals surface area contributed by atoms with Crippen molar-refractivity contribution in [3.63, 3.8) is 0 Å². The van der Waals surface area contributed by atoms with Crippen LogP contribution >= 0.6 is 11.6 Å². The van der Waals surface area contributed by atoms with E-state index in [1.165, 1.54) is 6.42 Å². The molecule has 0 radical (unpaired) electrons. The normalized spacial score (nSPS) is 19.0. The molecule has 1 fully saturated rings. The van der Waals surface area contributed by atoms with Gasteiger partial charge in [0.15, 0.2) is 0 Å². The summed E-state index contributed by atoms with van der Waals surface area (Å²) in [6.07, 6.45) is 1.19. The fraction of sp³-hybridized carbons (Fsp3) is 0.750. The molecule has 2 heterocycles. The van der Waals surface area contributed by atoms with Crippen molar-refractivity contribution in [1.29, 1.82) is 0 Å². The van der Waals surface area contributed by atoms with Crippen LogP contribution in [0.4, 0.5) is 5.82 Å². The highest BCUT2D eigenvalue weighted by molar-refractivity contribution is 6.30. The smallest absolute Gasteiger partial charge is 0.137 e. The number of aromatic nitrogens is 2. The predicted molar refractivity (Wildman–Crippen MR) is 89.4 cm³/mol. The summed E-state index contributed by atoms with van der Waals surface area (Å²) in [5.41, 5.74) is 1.00. The summed E-state index contributed by atoms with van der Waals surface area (Å²) < 4.78 is 0. The molecule has 4 nitrogen and oxygen atoms in total. The van der Waals surface area contributed by atoms with Gasteiger partial charge in [0, 0.05) is 30.6 Å². The standard InChI is InChI=1S/C16H27ClN4/c1-6-20(7-2)13-8-9-21(10-13)16-12(5)14(17)18-15(19-16)11(3)4/h11,13H,6-10H2,1-5H3. The first-order valence-corrected chi connectivity index (χ1v) is 8.38. The minimum atomic E-state index is 0.294. The van der Waals surface area contributed by atoms with E-state index in [-0.39, 0.29) is 0 Å². The monoisotopic (exact) mass is 310 g/mol. The van der Waals surface area contributed by atoms with Crippen LogP contribution in [0.5, 0.6) is 0 Å². The fourth-order valence-electron chi connectivity index (χ4n) is 3.03. The van der Waals surface area contributed by atoms with Gasteiger partial charge in [0.2, 0.25) is 0 Å². The fourth-order valence-corrected chi connectivity index (χ4v) is 3.20. The zero-order valence-corrected chi connectivity index (χ0v) is 14.6. The van der Waals surface area contributed by atoms with Crippen LogP contribution in [0.25, 0.3) is 0 Å².